The third kappa shape index (κ3) is 5.09. The van der Waals surface area contributed by atoms with Crippen molar-refractivity contribution in [1.29, 1.82) is 0 Å². The number of hydrogen-bond donors (Lipinski definition) is 2. The van der Waals surface area contributed by atoms with Crippen molar-refractivity contribution in [2.75, 3.05) is 5.32 Å². The van der Waals surface area contributed by atoms with Crippen LogP contribution in [0, 0.1) is 12.3 Å². The minimum absolute atomic E-state index is 0.0189. The molecule has 0 atom stereocenters. The number of halogens is 3. The van der Waals surface area contributed by atoms with Gasteiger partial charge < -0.3 is 10.6 Å². The molecule has 0 saturated heterocycles. The molecular formula is C20H21F3N2O2. The highest BCUT2D eigenvalue weighted by Gasteiger charge is 2.36. The smallest absolute Gasteiger partial charge is 0.351 e. The van der Waals surface area contributed by atoms with Crippen LogP contribution in [-0.4, -0.2) is 11.8 Å². The van der Waals surface area contributed by atoms with E-state index in [1.807, 2.05) is 31.2 Å². The Morgan fingerprint density at radius 1 is 0.963 bits per heavy atom. The summed E-state index contributed by atoms with van der Waals surface area (Å²) in [6, 6.07) is 11.8. The third-order valence-corrected chi connectivity index (χ3v) is 4.28. The number of carbonyl (C=O) groups excluding carboxylic acids is 2. The van der Waals surface area contributed by atoms with Crippen LogP contribution in [0.15, 0.2) is 48.5 Å². The highest BCUT2D eigenvalue weighted by atomic mass is 19.4. The zero-order valence-corrected chi connectivity index (χ0v) is 15.3. The first-order valence-corrected chi connectivity index (χ1v) is 8.33. The lowest BCUT2D eigenvalue weighted by atomic mass is 9.90. The number of carbonyl (C=O) groups is 2. The molecule has 0 unspecified atom stereocenters. The Morgan fingerprint density at radius 3 is 2.26 bits per heavy atom. The zero-order valence-electron chi connectivity index (χ0n) is 15.3. The Morgan fingerprint density at radius 2 is 1.63 bits per heavy atom. The van der Waals surface area contributed by atoms with Gasteiger partial charge in [-0.1, -0.05) is 30.3 Å². The topological polar surface area (TPSA) is 58.2 Å². The van der Waals surface area contributed by atoms with Gasteiger partial charge in [0.15, 0.2) is 0 Å². The normalized spacial score (nSPS) is 11.8. The lowest BCUT2D eigenvalue weighted by molar-refractivity contribution is -0.139. The number of alkyl halides is 3. The summed E-state index contributed by atoms with van der Waals surface area (Å²) in [7, 11) is 0. The highest BCUT2D eigenvalue weighted by Crippen LogP contribution is 2.31. The monoisotopic (exact) mass is 378 g/mol. The van der Waals surface area contributed by atoms with Gasteiger partial charge in [0.1, 0.15) is 5.41 Å². The van der Waals surface area contributed by atoms with Crippen LogP contribution in [-0.2, 0) is 22.3 Å². The molecule has 0 saturated carbocycles. The van der Waals surface area contributed by atoms with Crippen molar-refractivity contribution in [3.8, 4) is 0 Å². The molecule has 2 amide bonds. The molecule has 0 fully saturated rings. The van der Waals surface area contributed by atoms with Crippen LogP contribution >= 0.6 is 0 Å². The summed E-state index contributed by atoms with van der Waals surface area (Å²) in [5, 5.41) is 5.09. The predicted octanol–water partition coefficient (Wildman–Crippen LogP) is 4.29. The number of amides is 2. The molecule has 0 radical (unpaired) electrons. The Kier molecular flexibility index (Phi) is 5.93. The van der Waals surface area contributed by atoms with E-state index in [4.69, 9.17) is 0 Å². The molecule has 0 bridgehead atoms. The van der Waals surface area contributed by atoms with Crippen LogP contribution in [0.2, 0.25) is 0 Å². The first-order chi connectivity index (χ1) is 12.5. The fraction of sp³-hybridized carbons (Fsp3) is 0.300. The van der Waals surface area contributed by atoms with Gasteiger partial charge in [0, 0.05) is 12.2 Å². The van der Waals surface area contributed by atoms with Gasteiger partial charge in [0.05, 0.1) is 5.56 Å². The fourth-order valence-electron chi connectivity index (χ4n) is 2.37. The number of anilines is 1. The quantitative estimate of drug-likeness (QED) is 0.763. The molecule has 0 aromatic heterocycles. The SMILES string of the molecule is Cc1ccccc1CNC(=O)C(C)(C)C(=O)Nc1cccc(C(F)(F)F)c1. The van der Waals surface area contributed by atoms with Gasteiger partial charge in [-0.3, -0.25) is 9.59 Å². The average molecular weight is 378 g/mol. The van der Waals surface area contributed by atoms with E-state index in [2.05, 4.69) is 10.6 Å². The van der Waals surface area contributed by atoms with Crippen LogP contribution in [0.25, 0.3) is 0 Å². The second-order valence-corrected chi connectivity index (χ2v) is 6.77. The maximum absolute atomic E-state index is 12.8. The molecule has 4 nitrogen and oxygen atoms in total. The number of nitrogens with one attached hydrogen (secondary N) is 2. The molecule has 0 aliphatic heterocycles. The van der Waals surface area contributed by atoms with E-state index < -0.39 is 29.0 Å². The second-order valence-electron chi connectivity index (χ2n) is 6.77. The molecule has 144 valence electrons. The average Bonchev–Trinajstić information content (AvgIpc) is 2.60. The standard InChI is InChI=1S/C20H21F3N2O2/c1-13-7-4-5-8-14(13)12-24-17(26)19(2,3)18(27)25-16-10-6-9-15(11-16)20(21,22)23/h4-11H,12H2,1-3H3,(H,24,26)(H,25,27). The minimum Gasteiger partial charge on any atom is -0.351 e. The highest BCUT2D eigenvalue weighted by molar-refractivity contribution is 6.09. The molecule has 2 N–H and O–H groups in total. The predicted molar refractivity (Wildman–Crippen MR) is 96.9 cm³/mol. The van der Waals surface area contributed by atoms with Crippen LogP contribution in [0.3, 0.4) is 0 Å². The van der Waals surface area contributed by atoms with E-state index in [0.29, 0.717) is 0 Å². The van der Waals surface area contributed by atoms with Gasteiger partial charge >= 0.3 is 6.18 Å². The molecule has 0 aliphatic rings. The number of hydrogen-bond acceptors (Lipinski definition) is 2. The van der Waals surface area contributed by atoms with Gasteiger partial charge in [-0.2, -0.15) is 13.2 Å². The summed E-state index contributed by atoms with van der Waals surface area (Å²) in [5.74, 6) is -1.21. The lowest BCUT2D eigenvalue weighted by Gasteiger charge is -2.23. The fourth-order valence-corrected chi connectivity index (χ4v) is 2.37. The van der Waals surface area contributed by atoms with Crippen molar-refractivity contribution in [2.45, 2.75) is 33.5 Å². The summed E-state index contributed by atoms with van der Waals surface area (Å²) >= 11 is 0. The number of aryl methyl sites for hydroxylation is 1. The van der Waals surface area contributed by atoms with Crippen LogP contribution in [0.4, 0.5) is 18.9 Å². The first kappa shape index (κ1) is 20.5. The van der Waals surface area contributed by atoms with Crippen LogP contribution in [0.1, 0.15) is 30.5 Å². The molecular weight excluding hydrogens is 357 g/mol. The number of rotatable bonds is 5. The molecule has 2 aromatic rings. The largest absolute Gasteiger partial charge is 0.416 e. The van der Waals surface area contributed by atoms with Crippen molar-refractivity contribution in [3.05, 3.63) is 65.2 Å². The van der Waals surface area contributed by atoms with E-state index in [1.165, 1.54) is 26.0 Å². The minimum atomic E-state index is -4.51. The van der Waals surface area contributed by atoms with Gasteiger partial charge in [-0.05, 0) is 50.1 Å². The van der Waals surface area contributed by atoms with E-state index in [1.54, 1.807) is 0 Å². The first-order valence-electron chi connectivity index (χ1n) is 8.33. The molecule has 2 rings (SSSR count). The van der Waals surface area contributed by atoms with Crippen molar-refractivity contribution in [2.24, 2.45) is 5.41 Å². The summed E-state index contributed by atoms with van der Waals surface area (Å²) in [5.41, 5.74) is -0.433. The van der Waals surface area contributed by atoms with E-state index >= 15 is 0 Å². The maximum atomic E-state index is 12.8. The zero-order chi connectivity index (χ0) is 20.2. The Balaban J connectivity index is 2.06. The van der Waals surface area contributed by atoms with Crippen molar-refractivity contribution in [3.63, 3.8) is 0 Å². The van der Waals surface area contributed by atoms with Crippen LogP contribution < -0.4 is 10.6 Å². The third-order valence-electron chi connectivity index (χ3n) is 4.28. The van der Waals surface area contributed by atoms with Gasteiger partial charge in [0.25, 0.3) is 0 Å². The van der Waals surface area contributed by atoms with Gasteiger partial charge in [0.2, 0.25) is 11.8 Å². The van der Waals surface area contributed by atoms with Crippen molar-refractivity contribution < 1.29 is 22.8 Å². The summed E-state index contributed by atoms with van der Waals surface area (Å²) in [6.45, 7) is 5.00. The Bertz CT molecular complexity index is 845. The van der Waals surface area contributed by atoms with E-state index in [-0.39, 0.29) is 12.2 Å². The van der Waals surface area contributed by atoms with Gasteiger partial charge in [-0.25, -0.2) is 0 Å². The van der Waals surface area contributed by atoms with Gasteiger partial charge in [-0.15, -0.1) is 0 Å². The molecule has 0 aliphatic carbocycles. The van der Waals surface area contributed by atoms with E-state index in [9.17, 15) is 22.8 Å². The second kappa shape index (κ2) is 7.82. The molecule has 0 spiro atoms. The van der Waals surface area contributed by atoms with Crippen LogP contribution in [0.5, 0.6) is 0 Å². The Labute approximate surface area is 155 Å². The molecule has 2 aromatic carbocycles. The molecule has 7 heteroatoms. The van der Waals surface area contributed by atoms with Crippen molar-refractivity contribution >= 4 is 17.5 Å². The molecule has 27 heavy (non-hydrogen) atoms. The van der Waals surface area contributed by atoms with E-state index in [0.717, 1.165) is 23.3 Å². The summed E-state index contributed by atoms with van der Waals surface area (Å²) in [6.07, 6.45) is -4.51. The Hall–Kier alpha value is -2.83. The number of benzene rings is 2. The van der Waals surface area contributed by atoms with Crippen molar-refractivity contribution in [1.82, 2.24) is 5.32 Å². The maximum Gasteiger partial charge on any atom is 0.416 e. The summed E-state index contributed by atoms with van der Waals surface area (Å²) < 4.78 is 38.4. The molecule has 0 heterocycles. The summed E-state index contributed by atoms with van der Waals surface area (Å²) in [4.78, 5) is 24.9. The lowest BCUT2D eigenvalue weighted by Crippen LogP contribution is -2.45.